The molecule has 0 unspecified atom stereocenters. The number of hydrogen-bond donors (Lipinski definition) is 1. The molecule has 6 heteroatoms. The highest BCUT2D eigenvalue weighted by molar-refractivity contribution is 5.41. The fraction of sp³-hybridized carbons (Fsp3) is 0.500. The number of benzene rings is 1. The SMILES string of the molecule is COCCn1c(C)cc(O)c([C@@H](c2cccc(F)c2)N2CCC(C)CC2)c1=O. The number of rotatable bonds is 6. The average molecular weight is 388 g/mol. The Balaban J connectivity index is 2.13. The number of aromatic nitrogens is 1. The van der Waals surface area contributed by atoms with Gasteiger partial charge in [0.2, 0.25) is 0 Å². The van der Waals surface area contributed by atoms with Crippen LogP contribution in [0.25, 0.3) is 0 Å². The lowest BCUT2D eigenvalue weighted by Crippen LogP contribution is -2.40. The standard InChI is InChI=1S/C22H29FN2O3/c1-15-7-9-24(10-8-15)21(17-5-4-6-18(23)14-17)20-19(26)13-16(2)25(22(20)27)11-12-28-3/h4-6,13-15,21,26H,7-12H2,1-3H3/t21-/m1/s1. The van der Waals surface area contributed by atoms with Crippen LogP contribution in [-0.4, -0.2) is 41.4 Å². The van der Waals surface area contributed by atoms with E-state index in [0.717, 1.165) is 25.9 Å². The average Bonchev–Trinajstić information content (AvgIpc) is 2.66. The van der Waals surface area contributed by atoms with Gasteiger partial charge in [-0.05, 0) is 62.5 Å². The molecule has 0 spiro atoms. The molecule has 2 aromatic rings. The molecule has 0 aliphatic carbocycles. The van der Waals surface area contributed by atoms with Gasteiger partial charge in [-0.2, -0.15) is 0 Å². The molecule has 0 bridgehead atoms. The first-order valence-corrected chi connectivity index (χ1v) is 9.84. The lowest BCUT2D eigenvalue weighted by atomic mass is 9.92. The maximum atomic E-state index is 14.0. The van der Waals surface area contributed by atoms with Gasteiger partial charge < -0.3 is 14.4 Å². The number of hydrogen-bond acceptors (Lipinski definition) is 4. The van der Waals surface area contributed by atoms with Crippen LogP contribution in [0.3, 0.4) is 0 Å². The van der Waals surface area contributed by atoms with Gasteiger partial charge in [-0.25, -0.2) is 4.39 Å². The minimum atomic E-state index is -0.481. The van der Waals surface area contributed by atoms with Crippen molar-refractivity contribution in [2.45, 2.75) is 39.3 Å². The molecule has 1 saturated heterocycles. The van der Waals surface area contributed by atoms with E-state index in [-0.39, 0.29) is 17.1 Å². The van der Waals surface area contributed by atoms with Crippen molar-refractivity contribution in [3.63, 3.8) is 0 Å². The molecule has 1 aromatic carbocycles. The summed E-state index contributed by atoms with van der Waals surface area (Å²) in [7, 11) is 1.59. The maximum Gasteiger partial charge on any atom is 0.259 e. The van der Waals surface area contributed by atoms with Crippen molar-refractivity contribution in [3.05, 3.63) is 63.3 Å². The third-order valence-corrected chi connectivity index (χ3v) is 5.66. The van der Waals surface area contributed by atoms with Crippen LogP contribution in [-0.2, 0) is 11.3 Å². The zero-order valence-electron chi connectivity index (χ0n) is 16.8. The van der Waals surface area contributed by atoms with Gasteiger partial charge in [0.15, 0.2) is 0 Å². The molecule has 0 saturated carbocycles. The molecule has 152 valence electrons. The quantitative estimate of drug-likeness (QED) is 0.823. The second kappa shape index (κ2) is 8.88. The minimum Gasteiger partial charge on any atom is -0.507 e. The first-order valence-electron chi connectivity index (χ1n) is 9.84. The molecule has 3 rings (SSSR count). The van der Waals surface area contributed by atoms with Crippen molar-refractivity contribution >= 4 is 0 Å². The molecule has 1 N–H and O–H groups in total. The van der Waals surface area contributed by atoms with E-state index in [1.807, 2.05) is 6.07 Å². The summed E-state index contributed by atoms with van der Waals surface area (Å²) >= 11 is 0. The van der Waals surface area contributed by atoms with E-state index in [4.69, 9.17) is 4.74 Å². The molecule has 0 amide bonds. The van der Waals surface area contributed by atoms with Gasteiger partial charge in [-0.3, -0.25) is 9.69 Å². The number of halogens is 1. The van der Waals surface area contributed by atoms with Crippen LogP contribution in [0.4, 0.5) is 4.39 Å². The van der Waals surface area contributed by atoms with E-state index >= 15 is 0 Å². The van der Waals surface area contributed by atoms with E-state index in [9.17, 15) is 14.3 Å². The second-order valence-electron chi connectivity index (χ2n) is 7.71. The van der Waals surface area contributed by atoms with Crippen LogP contribution in [0, 0.1) is 18.7 Å². The van der Waals surface area contributed by atoms with E-state index in [0.29, 0.717) is 35.9 Å². The summed E-state index contributed by atoms with van der Waals surface area (Å²) in [5.74, 6) is 0.234. The van der Waals surface area contributed by atoms with Crippen molar-refractivity contribution in [3.8, 4) is 5.75 Å². The Kier molecular flexibility index (Phi) is 6.52. The molecular weight excluding hydrogens is 359 g/mol. The summed E-state index contributed by atoms with van der Waals surface area (Å²) in [6, 6.07) is 7.46. The smallest absolute Gasteiger partial charge is 0.259 e. The van der Waals surface area contributed by atoms with Crippen LogP contribution in [0.15, 0.2) is 35.1 Å². The summed E-state index contributed by atoms with van der Waals surface area (Å²) in [4.78, 5) is 15.5. The predicted octanol–water partition coefficient (Wildman–Crippen LogP) is 3.47. The predicted molar refractivity (Wildman–Crippen MR) is 107 cm³/mol. The molecule has 1 aromatic heterocycles. The van der Waals surface area contributed by atoms with Crippen LogP contribution < -0.4 is 5.56 Å². The van der Waals surface area contributed by atoms with E-state index in [2.05, 4.69) is 11.8 Å². The van der Waals surface area contributed by atoms with E-state index in [1.165, 1.54) is 12.1 Å². The van der Waals surface area contributed by atoms with Gasteiger partial charge in [-0.15, -0.1) is 0 Å². The van der Waals surface area contributed by atoms with Gasteiger partial charge in [-0.1, -0.05) is 19.1 Å². The third-order valence-electron chi connectivity index (χ3n) is 5.66. The zero-order chi connectivity index (χ0) is 20.3. The van der Waals surface area contributed by atoms with Gasteiger partial charge in [0.05, 0.1) is 18.2 Å². The Labute approximate surface area is 165 Å². The van der Waals surface area contributed by atoms with E-state index in [1.54, 1.807) is 30.7 Å². The fourth-order valence-electron chi connectivity index (χ4n) is 4.01. The molecule has 1 aliphatic rings. The molecule has 5 nitrogen and oxygen atoms in total. The Bertz CT molecular complexity index is 873. The summed E-state index contributed by atoms with van der Waals surface area (Å²) < 4.78 is 20.8. The molecule has 28 heavy (non-hydrogen) atoms. The largest absolute Gasteiger partial charge is 0.507 e. The number of pyridine rings is 1. The fourth-order valence-corrected chi connectivity index (χ4v) is 4.01. The lowest BCUT2D eigenvalue weighted by Gasteiger charge is -2.37. The Morgan fingerprint density at radius 3 is 2.64 bits per heavy atom. The van der Waals surface area contributed by atoms with Gasteiger partial charge in [0.25, 0.3) is 5.56 Å². The van der Waals surface area contributed by atoms with E-state index < -0.39 is 6.04 Å². The maximum absolute atomic E-state index is 14.0. The van der Waals surface area contributed by atoms with Crippen molar-refractivity contribution < 1.29 is 14.2 Å². The number of likely N-dealkylation sites (tertiary alicyclic amines) is 1. The Morgan fingerprint density at radius 1 is 1.29 bits per heavy atom. The van der Waals surface area contributed by atoms with Crippen LogP contribution in [0.5, 0.6) is 5.75 Å². The Hall–Kier alpha value is -2.18. The highest BCUT2D eigenvalue weighted by Crippen LogP contribution is 2.35. The summed E-state index contributed by atoms with van der Waals surface area (Å²) in [5.41, 5.74) is 1.42. The number of piperidine rings is 1. The molecule has 1 fully saturated rings. The van der Waals surface area contributed by atoms with Gasteiger partial charge in [0.1, 0.15) is 11.6 Å². The topological polar surface area (TPSA) is 54.7 Å². The minimum absolute atomic E-state index is 0.0379. The first kappa shape index (κ1) is 20.6. The van der Waals surface area contributed by atoms with Gasteiger partial charge >= 0.3 is 0 Å². The monoisotopic (exact) mass is 388 g/mol. The molecule has 2 heterocycles. The summed E-state index contributed by atoms with van der Waals surface area (Å²) in [5, 5.41) is 10.7. The number of nitrogens with zero attached hydrogens (tertiary/aromatic N) is 2. The van der Waals surface area contributed by atoms with Crippen molar-refractivity contribution in [1.82, 2.24) is 9.47 Å². The van der Waals surface area contributed by atoms with Crippen molar-refractivity contribution in [2.75, 3.05) is 26.8 Å². The normalized spacial score (nSPS) is 17.0. The van der Waals surface area contributed by atoms with Crippen LogP contribution in [0.2, 0.25) is 0 Å². The zero-order valence-corrected chi connectivity index (χ0v) is 16.8. The lowest BCUT2D eigenvalue weighted by molar-refractivity contribution is 0.153. The molecule has 1 aliphatic heterocycles. The summed E-state index contributed by atoms with van der Waals surface area (Å²) in [6.07, 6.45) is 2.02. The van der Waals surface area contributed by atoms with Crippen LogP contribution >= 0.6 is 0 Å². The summed E-state index contributed by atoms with van der Waals surface area (Å²) in [6.45, 7) is 6.41. The molecule has 0 radical (unpaired) electrons. The first-order chi connectivity index (χ1) is 13.4. The highest BCUT2D eigenvalue weighted by atomic mass is 19.1. The van der Waals surface area contributed by atoms with Gasteiger partial charge in [0, 0.05) is 19.3 Å². The van der Waals surface area contributed by atoms with Crippen LogP contribution in [0.1, 0.15) is 42.6 Å². The van der Waals surface area contributed by atoms with Crippen molar-refractivity contribution in [1.29, 1.82) is 0 Å². The third kappa shape index (κ3) is 4.28. The highest BCUT2D eigenvalue weighted by Gasteiger charge is 2.31. The number of aromatic hydroxyl groups is 1. The van der Waals surface area contributed by atoms with Crippen molar-refractivity contribution in [2.24, 2.45) is 5.92 Å². The molecular formula is C22H29FN2O3. The number of ether oxygens (including phenoxy) is 1. The Morgan fingerprint density at radius 2 is 2.00 bits per heavy atom. The molecule has 1 atom stereocenters. The number of aryl methyl sites for hydroxylation is 1. The number of methoxy groups -OCH3 is 1. The second-order valence-corrected chi connectivity index (χ2v) is 7.71.